The van der Waals surface area contributed by atoms with Crippen molar-refractivity contribution in [2.75, 3.05) is 0 Å². The first-order valence-electron chi connectivity index (χ1n) is 5.92. The van der Waals surface area contributed by atoms with Gasteiger partial charge in [-0.05, 0) is 13.8 Å². The average Bonchev–Trinajstić information content (AvgIpc) is 2.81. The summed E-state index contributed by atoms with van der Waals surface area (Å²) in [5.41, 5.74) is 1.64. The van der Waals surface area contributed by atoms with Crippen LogP contribution >= 0.6 is 11.6 Å². The molecule has 1 aromatic rings. The highest BCUT2D eigenvalue weighted by molar-refractivity contribution is 6.33. The lowest BCUT2D eigenvalue weighted by atomic mass is 9.98. The van der Waals surface area contributed by atoms with Gasteiger partial charge in [-0.3, -0.25) is 0 Å². The minimum absolute atomic E-state index is 0.0458. The molecule has 1 N–H and O–H groups in total. The van der Waals surface area contributed by atoms with Crippen molar-refractivity contribution in [1.29, 1.82) is 0 Å². The molecule has 0 radical (unpaired) electrons. The van der Waals surface area contributed by atoms with E-state index in [2.05, 4.69) is 0 Å². The third-order valence-electron chi connectivity index (χ3n) is 3.38. The third-order valence-corrected chi connectivity index (χ3v) is 3.78. The third kappa shape index (κ3) is 1.48. The van der Waals surface area contributed by atoms with E-state index in [1.807, 2.05) is 13.8 Å². The van der Waals surface area contributed by atoms with E-state index in [0.717, 1.165) is 5.56 Å². The highest BCUT2D eigenvalue weighted by atomic mass is 35.5. The molecule has 2 unspecified atom stereocenters. The van der Waals surface area contributed by atoms with Crippen LogP contribution in [0, 0.1) is 0 Å². The van der Waals surface area contributed by atoms with E-state index in [1.54, 1.807) is 0 Å². The van der Waals surface area contributed by atoms with Crippen molar-refractivity contribution >= 4 is 17.6 Å². The van der Waals surface area contributed by atoms with Gasteiger partial charge in [-0.1, -0.05) is 11.6 Å². The van der Waals surface area contributed by atoms with Gasteiger partial charge in [0.2, 0.25) is 0 Å². The fourth-order valence-electron chi connectivity index (χ4n) is 2.69. The summed E-state index contributed by atoms with van der Waals surface area (Å²) in [6.07, 6.45) is 1.09. The summed E-state index contributed by atoms with van der Waals surface area (Å²) in [6, 6.07) is 0. The number of carboxylic acid groups (broad SMARTS) is 1. The molecule has 2 atom stereocenters. The van der Waals surface area contributed by atoms with Crippen molar-refractivity contribution in [3.05, 3.63) is 21.7 Å². The Hall–Kier alpha value is -1.42. The molecule has 0 saturated carbocycles. The van der Waals surface area contributed by atoms with Crippen LogP contribution in [0.4, 0.5) is 0 Å². The number of rotatable bonds is 1. The van der Waals surface area contributed by atoms with Crippen molar-refractivity contribution in [2.45, 2.75) is 38.9 Å². The van der Waals surface area contributed by atoms with Crippen LogP contribution in [0.3, 0.4) is 0 Å². The van der Waals surface area contributed by atoms with Crippen molar-refractivity contribution < 1.29 is 19.4 Å². The second kappa shape index (κ2) is 3.79. The standard InChI is InChI=1S/C13H13ClO4/c1-5-3-7-9(13(15)16)11-8(4-6(2)17-11)10(14)12(7)18-5/h5-6H,3-4H2,1-2H3,(H,15,16). The molecule has 2 aliphatic rings. The zero-order valence-electron chi connectivity index (χ0n) is 10.1. The van der Waals surface area contributed by atoms with E-state index in [0.29, 0.717) is 34.9 Å². The SMILES string of the molecule is CC1Cc2c(c(Cl)c3c(c2C(=O)O)OC(C)C3)O1. The molecule has 5 heteroatoms. The van der Waals surface area contributed by atoms with Gasteiger partial charge < -0.3 is 14.6 Å². The molecule has 0 aromatic heterocycles. The maximum Gasteiger partial charge on any atom is 0.339 e. The molecule has 3 rings (SSSR count). The smallest absolute Gasteiger partial charge is 0.339 e. The number of benzene rings is 1. The fourth-order valence-corrected chi connectivity index (χ4v) is 3.01. The Kier molecular flexibility index (Phi) is 2.45. The van der Waals surface area contributed by atoms with Crippen LogP contribution in [-0.2, 0) is 12.8 Å². The summed E-state index contributed by atoms with van der Waals surface area (Å²) < 4.78 is 11.3. The lowest BCUT2D eigenvalue weighted by molar-refractivity contribution is 0.0690. The fraction of sp³-hybridized carbons (Fsp3) is 0.462. The van der Waals surface area contributed by atoms with Gasteiger partial charge in [-0.15, -0.1) is 0 Å². The predicted octanol–water partition coefficient (Wildman–Crippen LogP) is 2.69. The molecule has 0 fully saturated rings. The second-order valence-corrected chi connectivity index (χ2v) is 5.25. The number of halogens is 1. The van der Waals surface area contributed by atoms with E-state index in [9.17, 15) is 9.90 Å². The molecule has 4 nitrogen and oxygen atoms in total. The lowest BCUT2D eigenvalue weighted by Crippen LogP contribution is -2.09. The minimum atomic E-state index is -0.981. The lowest BCUT2D eigenvalue weighted by Gasteiger charge is -2.11. The van der Waals surface area contributed by atoms with Crippen molar-refractivity contribution in [1.82, 2.24) is 0 Å². The highest BCUT2D eigenvalue weighted by Gasteiger charge is 2.37. The van der Waals surface area contributed by atoms with Gasteiger partial charge in [0.05, 0.1) is 5.02 Å². The van der Waals surface area contributed by atoms with Crippen molar-refractivity contribution in [2.24, 2.45) is 0 Å². The van der Waals surface area contributed by atoms with Crippen LogP contribution in [-0.4, -0.2) is 23.3 Å². The highest BCUT2D eigenvalue weighted by Crippen LogP contribution is 2.49. The average molecular weight is 269 g/mol. The molecule has 18 heavy (non-hydrogen) atoms. The molecule has 0 aliphatic carbocycles. The largest absolute Gasteiger partial charge is 0.489 e. The molecule has 1 aromatic carbocycles. The molecule has 0 bridgehead atoms. The Morgan fingerprint density at radius 3 is 2.33 bits per heavy atom. The Morgan fingerprint density at radius 1 is 1.17 bits per heavy atom. The van der Waals surface area contributed by atoms with Crippen LogP contribution in [0.2, 0.25) is 5.02 Å². The van der Waals surface area contributed by atoms with Gasteiger partial charge in [0.15, 0.2) is 0 Å². The van der Waals surface area contributed by atoms with Crippen LogP contribution < -0.4 is 9.47 Å². The molecule has 0 spiro atoms. The number of aromatic carboxylic acids is 1. The van der Waals surface area contributed by atoms with Crippen LogP contribution in [0.15, 0.2) is 0 Å². The normalized spacial score (nSPS) is 24.2. The first-order chi connectivity index (χ1) is 8.49. The van der Waals surface area contributed by atoms with Gasteiger partial charge >= 0.3 is 5.97 Å². The molecule has 2 aliphatic heterocycles. The van der Waals surface area contributed by atoms with Gasteiger partial charge in [0, 0.05) is 24.0 Å². The maximum atomic E-state index is 11.5. The van der Waals surface area contributed by atoms with E-state index in [4.69, 9.17) is 21.1 Å². The summed E-state index contributed by atoms with van der Waals surface area (Å²) in [6.45, 7) is 3.80. The quantitative estimate of drug-likeness (QED) is 0.851. The van der Waals surface area contributed by atoms with E-state index in [-0.39, 0.29) is 17.8 Å². The Balaban J connectivity index is 2.29. The van der Waals surface area contributed by atoms with Gasteiger partial charge in [-0.2, -0.15) is 0 Å². The second-order valence-electron chi connectivity index (χ2n) is 4.87. The number of hydrogen-bond donors (Lipinski definition) is 1. The number of hydrogen-bond acceptors (Lipinski definition) is 3. The molecule has 96 valence electrons. The van der Waals surface area contributed by atoms with Crippen molar-refractivity contribution in [3.8, 4) is 11.5 Å². The number of ether oxygens (including phenoxy) is 2. The van der Waals surface area contributed by atoms with Crippen LogP contribution in [0.5, 0.6) is 11.5 Å². The van der Waals surface area contributed by atoms with Crippen LogP contribution in [0.1, 0.15) is 35.3 Å². The summed E-state index contributed by atoms with van der Waals surface area (Å²) in [4.78, 5) is 11.5. The topological polar surface area (TPSA) is 55.8 Å². The number of fused-ring (bicyclic) bond motifs is 2. The summed E-state index contributed by atoms with van der Waals surface area (Å²) in [5.74, 6) is -0.0274. The molecular formula is C13H13ClO4. The summed E-state index contributed by atoms with van der Waals surface area (Å²) in [5, 5.41) is 9.91. The Morgan fingerprint density at radius 2 is 1.72 bits per heavy atom. The Labute approximate surface area is 109 Å². The van der Waals surface area contributed by atoms with Gasteiger partial charge in [-0.25, -0.2) is 4.79 Å². The molecule has 0 saturated heterocycles. The molecule has 2 heterocycles. The first-order valence-corrected chi connectivity index (χ1v) is 6.30. The molecule has 0 amide bonds. The minimum Gasteiger partial charge on any atom is -0.489 e. The predicted molar refractivity (Wildman–Crippen MR) is 66.0 cm³/mol. The van der Waals surface area contributed by atoms with E-state index in [1.165, 1.54) is 0 Å². The van der Waals surface area contributed by atoms with Crippen molar-refractivity contribution in [3.63, 3.8) is 0 Å². The van der Waals surface area contributed by atoms with E-state index < -0.39 is 5.97 Å². The van der Waals surface area contributed by atoms with Gasteiger partial charge in [0.25, 0.3) is 0 Å². The van der Waals surface area contributed by atoms with Gasteiger partial charge in [0.1, 0.15) is 29.3 Å². The summed E-state index contributed by atoms with van der Waals surface area (Å²) >= 11 is 6.31. The molecular weight excluding hydrogens is 256 g/mol. The van der Waals surface area contributed by atoms with E-state index >= 15 is 0 Å². The number of carbonyl (C=O) groups is 1. The monoisotopic (exact) mass is 268 g/mol. The Bertz CT molecular complexity index is 513. The first kappa shape index (κ1) is 11.7. The summed E-state index contributed by atoms with van der Waals surface area (Å²) in [7, 11) is 0. The zero-order valence-corrected chi connectivity index (χ0v) is 10.9. The maximum absolute atomic E-state index is 11.5. The number of carboxylic acids is 1. The zero-order chi connectivity index (χ0) is 13.0. The van der Waals surface area contributed by atoms with Crippen LogP contribution in [0.25, 0.3) is 0 Å².